The fourth-order valence-corrected chi connectivity index (χ4v) is 6.09. The minimum atomic E-state index is -3.03. The van der Waals surface area contributed by atoms with Crippen molar-refractivity contribution in [3.63, 3.8) is 0 Å². The highest BCUT2D eigenvalue weighted by Gasteiger charge is 2.53. The van der Waals surface area contributed by atoms with E-state index in [2.05, 4.69) is 0 Å². The number of hydrogen-bond acceptors (Lipinski definition) is 4. The monoisotopic (exact) mass is 296 g/mol. The van der Waals surface area contributed by atoms with Gasteiger partial charge in [0.15, 0.2) is 9.84 Å². The summed E-state index contributed by atoms with van der Waals surface area (Å²) in [5.41, 5.74) is -0.350. The molecule has 0 amide bonds. The summed E-state index contributed by atoms with van der Waals surface area (Å²) in [5, 5.41) is 10.2. The summed E-state index contributed by atoms with van der Waals surface area (Å²) in [6, 6.07) is 7.41. The van der Waals surface area contributed by atoms with Crippen LogP contribution in [0.2, 0.25) is 0 Å². The summed E-state index contributed by atoms with van der Waals surface area (Å²) >= 11 is 0. The first-order valence-corrected chi connectivity index (χ1v) is 8.76. The van der Waals surface area contributed by atoms with E-state index in [4.69, 9.17) is 4.74 Å². The molecule has 110 valence electrons. The highest BCUT2D eigenvalue weighted by Crippen LogP contribution is 2.49. The van der Waals surface area contributed by atoms with E-state index in [0.29, 0.717) is 25.2 Å². The van der Waals surface area contributed by atoms with E-state index in [1.807, 2.05) is 31.2 Å². The minimum absolute atomic E-state index is 0.288. The van der Waals surface area contributed by atoms with Crippen molar-refractivity contribution >= 4 is 9.84 Å². The van der Waals surface area contributed by atoms with Crippen LogP contribution in [0.5, 0.6) is 5.75 Å². The van der Waals surface area contributed by atoms with Gasteiger partial charge in [0.2, 0.25) is 0 Å². The molecule has 1 aromatic rings. The lowest BCUT2D eigenvalue weighted by molar-refractivity contribution is 0.0147. The van der Waals surface area contributed by atoms with Gasteiger partial charge in [0, 0.05) is 5.56 Å². The second-order valence-corrected chi connectivity index (χ2v) is 8.29. The van der Waals surface area contributed by atoms with Gasteiger partial charge in [-0.25, -0.2) is 8.42 Å². The summed E-state index contributed by atoms with van der Waals surface area (Å²) in [6.45, 7) is 2.42. The topological polar surface area (TPSA) is 63.6 Å². The molecule has 3 rings (SSSR count). The second-order valence-electron chi connectivity index (χ2n) is 5.78. The van der Waals surface area contributed by atoms with Crippen LogP contribution in [0.3, 0.4) is 0 Å². The lowest BCUT2D eigenvalue weighted by Crippen LogP contribution is -2.43. The summed E-state index contributed by atoms with van der Waals surface area (Å²) in [6.07, 6.45) is 1.92. The zero-order valence-corrected chi connectivity index (χ0v) is 12.4. The molecule has 5 heteroatoms. The van der Waals surface area contributed by atoms with E-state index < -0.39 is 25.9 Å². The molecule has 2 saturated heterocycles. The molecule has 0 radical (unpaired) electrons. The third-order valence-corrected chi connectivity index (χ3v) is 7.22. The number of para-hydroxylation sites is 1. The van der Waals surface area contributed by atoms with Crippen molar-refractivity contribution in [3.05, 3.63) is 29.8 Å². The lowest BCUT2D eigenvalue weighted by atomic mass is 9.85. The number of fused-ring (bicyclic) bond motifs is 2. The summed E-state index contributed by atoms with van der Waals surface area (Å²) in [5.74, 6) is 0.663. The largest absolute Gasteiger partial charge is 0.493 e. The van der Waals surface area contributed by atoms with Crippen molar-refractivity contribution in [2.24, 2.45) is 0 Å². The van der Waals surface area contributed by atoms with Crippen LogP contribution < -0.4 is 4.74 Å². The number of rotatable bonds is 3. The van der Waals surface area contributed by atoms with Crippen molar-refractivity contribution in [1.29, 1.82) is 0 Å². The van der Waals surface area contributed by atoms with Crippen molar-refractivity contribution in [3.8, 4) is 5.75 Å². The molecule has 2 unspecified atom stereocenters. The molecule has 2 aliphatic rings. The first-order chi connectivity index (χ1) is 9.47. The molecule has 2 fully saturated rings. The SMILES string of the molecule is CCOc1ccccc1C1(O)CC2CCC(C1)S2(=O)=O. The van der Waals surface area contributed by atoms with Crippen molar-refractivity contribution in [2.75, 3.05) is 6.61 Å². The lowest BCUT2D eigenvalue weighted by Gasteiger charge is -2.37. The standard InChI is InChI=1S/C15H20O4S/c1-2-19-14-6-4-3-5-13(14)15(16)9-11-7-8-12(10-15)20(11,17)18/h3-6,11-12,16H,2,7-10H2,1H3. The van der Waals surface area contributed by atoms with Crippen LogP contribution in [-0.2, 0) is 15.4 Å². The first kappa shape index (κ1) is 13.9. The van der Waals surface area contributed by atoms with Crippen LogP contribution in [0.4, 0.5) is 0 Å². The molecule has 0 saturated carbocycles. The van der Waals surface area contributed by atoms with Crippen LogP contribution in [0.1, 0.15) is 38.2 Å². The predicted octanol–water partition coefficient (Wildman–Crippen LogP) is 2.01. The van der Waals surface area contributed by atoms with Gasteiger partial charge in [-0.05, 0) is 38.7 Å². The third-order valence-electron chi connectivity index (χ3n) is 4.56. The minimum Gasteiger partial charge on any atom is -0.493 e. The van der Waals surface area contributed by atoms with Gasteiger partial charge < -0.3 is 9.84 Å². The predicted molar refractivity (Wildman–Crippen MR) is 76.5 cm³/mol. The molecular formula is C15H20O4S. The highest BCUT2D eigenvalue weighted by molar-refractivity contribution is 7.93. The molecule has 2 bridgehead atoms. The maximum absolute atomic E-state index is 12.2. The number of ether oxygens (including phenoxy) is 1. The Morgan fingerprint density at radius 1 is 1.25 bits per heavy atom. The normalized spacial score (nSPS) is 34.9. The molecule has 20 heavy (non-hydrogen) atoms. The van der Waals surface area contributed by atoms with Gasteiger partial charge in [-0.3, -0.25) is 0 Å². The van der Waals surface area contributed by atoms with Crippen LogP contribution in [0.15, 0.2) is 24.3 Å². The molecule has 1 N–H and O–H groups in total. The Labute approximate surface area is 119 Å². The molecule has 0 spiro atoms. The van der Waals surface area contributed by atoms with Gasteiger partial charge in [-0.1, -0.05) is 18.2 Å². The average molecular weight is 296 g/mol. The molecule has 2 aliphatic heterocycles. The summed E-state index contributed by atoms with van der Waals surface area (Å²) < 4.78 is 29.9. The Balaban J connectivity index is 1.99. The Morgan fingerprint density at radius 2 is 1.85 bits per heavy atom. The van der Waals surface area contributed by atoms with Gasteiger partial charge in [0.05, 0.1) is 22.7 Å². The van der Waals surface area contributed by atoms with Crippen molar-refractivity contribution < 1.29 is 18.3 Å². The van der Waals surface area contributed by atoms with Crippen LogP contribution in [-0.4, -0.2) is 30.6 Å². The number of sulfone groups is 1. The Kier molecular flexibility index (Phi) is 3.29. The van der Waals surface area contributed by atoms with E-state index in [9.17, 15) is 13.5 Å². The van der Waals surface area contributed by atoms with Gasteiger partial charge in [0.25, 0.3) is 0 Å². The van der Waals surface area contributed by atoms with Crippen molar-refractivity contribution in [2.45, 2.75) is 48.7 Å². The quantitative estimate of drug-likeness (QED) is 0.927. The molecule has 2 heterocycles. The van der Waals surface area contributed by atoms with E-state index in [0.717, 1.165) is 5.56 Å². The van der Waals surface area contributed by atoms with E-state index in [-0.39, 0.29) is 12.8 Å². The Hall–Kier alpha value is -1.07. The van der Waals surface area contributed by atoms with Gasteiger partial charge >= 0.3 is 0 Å². The third kappa shape index (κ3) is 2.04. The number of aliphatic hydroxyl groups is 1. The average Bonchev–Trinajstić information content (AvgIpc) is 2.60. The molecule has 1 aromatic carbocycles. The van der Waals surface area contributed by atoms with Crippen LogP contribution >= 0.6 is 0 Å². The molecule has 2 atom stereocenters. The molecule has 0 aliphatic carbocycles. The first-order valence-electron chi connectivity index (χ1n) is 7.15. The van der Waals surface area contributed by atoms with Crippen molar-refractivity contribution in [1.82, 2.24) is 0 Å². The maximum Gasteiger partial charge on any atom is 0.156 e. The highest BCUT2D eigenvalue weighted by atomic mass is 32.2. The second kappa shape index (κ2) is 4.74. The zero-order chi connectivity index (χ0) is 14.4. The van der Waals surface area contributed by atoms with Gasteiger partial charge in [0.1, 0.15) is 5.75 Å². The number of benzene rings is 1. The molecule has 4 nitrogen and oxygen atoms in total. The number of hydrogen-bond donors (Lipinski definition) is 1. The smallest absolute Gasteiger partial charge is 0.156 e. The zero-order valence-electron chi connectivity index (χ0n) is 11.6. The van der Waals surface area contributed by atoms with Crippen LogP contribution in [0.25, 0.3) is 0 Å². The molecule has 0 aromatic heterocycles. The Bertz CT molecular complexity index is 588. The van der Waals surface area contributed by atoms with Gasteiger partial charge in [-0.2, -0.15) is 0 Å². The van der Waals surface area contributed by atoms with E-state index in [1.54, 1.807) is 0 Å². The van der Waals surface area contributed by atoms with Crippen LogP contribution in [0, 0.1) is 0 Å². The maximum atomic E-state index is 12.2. The summed E-state index contributed by atoms with van der Waals surface area (Å²) in [4.78, 5) is 0. The van der Waals surface area contributed by atoms with E-state index >= 15 is 0 Å². The van der Waals surface area contributed by atoms with E-state index in [1.165, 1.54) is 0 Å². The fraction of sp³-hybridized carbons (Fsp3) is 0.600. The van der Waals surface area contributed by atoms with Gasteiger partial charge in [-0.15, -0.1) is 0 Å². The molecular weight excluding hydrogens is 276 g/mol. The summed E-state index contributed by atoms with van der Waals surface area (Å²) in [7, 11) is -3.03. The Morgan fingerprint density at radius 3 is 2.45 bits per heavy atom. The fourth-order valence-electron chi connectivity index (χ4n) is 3.60.